The number of aromatic nitrogens is 2. The van der Waals surface area contributed by atoms with Gasteiger partial charge in [-0.2, -0.15) is 0 Å². The predicted octanol–water partition coefficient (Wildman–Crippen LogP) is 4.97. The fraction of sp³-hybridized carbons (Fsp3) is 0.190. The molecule has 1 heterocycles. The molecule has 0 fully saturated rings. The predicted molar refractivity (Wildman–Crippen MR) is 115 cm³/mol. The van der Waals surface area contributed by atoms with Crippen molar-refractivity contribution in [2.45, 2.75) is 13.8 Å². The molecule has 0 bridgehead atoms. The van der Waals surface area contributed by atoms with Gasteiger partial charge in [-0.3, -0.25) is 4.79 Å². The Hall–Kier alpha value is -3.12. The number of hydrogen-bond donors (Lipinski definition) is 2. The molecule has 0 radical (unpaired) electrons. The van der Waals surface area contributed by atoms with Crippen molar-refractivity contribution in [2.75, 3.05) is 28.6 Å². The second-order valence-corrected chi connectivity index (χ2v) is 6.53. The first-order valence-corrected chi connectivity index (χ1v) is 9.48. The minimum atomic E-state index is -0.305. The van der Waals surface area contributed by atoms with Crippen LogP contribution in [0.1, 0.15) is 24.3 Å². The maximum absolute atomic E-state index is 12.4. The first kappa shape index (κ1) is 19.6. The van der Waals surface area contributed by atoms with Crippen LogP contribution >= 0.6 is 11.6 Å². The summed E-state index contributed by atoms with van der Waals surface area (Å²) in [6, 6.07) is 15.0. The van der Waals surface area contributed by atoms with Crippen molar-refractivity contribution < 1.29 is 4.79 Å². The molecule has 6 nitrogen and oxygen atoms in total. The highest BCUT2D eigenvalue weighted by Crippen LogP contribution is 2.19. The molecule has 28 heavy (non-hydrogen) atoms. The molecule has 0 aliphatic heterocycles. The van der Waals surface area contributed by atoms with E-state index in [1.807, 2.05) is 36.4 Å². The number of carbonyl (C=O) groups excluding carboxylic acids is 1. The zero-order valence-electron chi connectivity index (χ0n) is 15.8. The zero-order valence-corrected chi connectivity index (χ0v) is 16.6. The second-order valence-electron chi connectivity index (χ2n) is 6.09. The molecule has 2 N–H and O–H groups in total. The number of amides is 1. The van der Waals surface area contributed by atoms with Crippen LogP contribution in [0, 0.1) is 0 Å². The average molecular weight is 396 g/mol. The van der Waals surface area contributed by atoms with Crippen molar-refractivity contribution in [3.63, 3.8) is 0 Å². The number of carbonyl (C=O) groups is 1. The second kappa shape index (κ2) is 9.19. The Kier molecular flexibility index (Phi) is 6.45. The number of halogens is 1. The summed E-state index contributed by atoms with van der Waals surface area (Å²) in [6.45, 7) is 6.11. The largest absolute Gasteiger partial charge is 0.372 e. The van der Waals surface area contributed by atoms with Gasteiger partial charge in [0.15, 0.2) is 0 Å². The number of nitrogens with one attached hydrogen (secondary N) is 2. The van der Waals surface area contributed by atoms with Gasteiger partial charge in [0.1, 0.15) is 11.5 Å². The average Bonchev–Trinajstić information content (AvgIpc) is 2.72. The lowest BCUT2D eigenvalue weighted by Gasteiger charge is -2.21. The molecular formula is C21H22ClN5O. The van der Waals surface area contributed by atoms with Crippen LogP contribution in [0.25, 0.3) is 0 Å². The normalized spacial score (nSPS) is 10.4. The van der Waals surface area contributed by atoms with E-state index in [1.165, 1.54) is 12.4 Å². The highest BCUT2D eigenvalue weighted by atomic mass is 35.5. The molecule has 0 spiro atoms. The highest BCUT2D eigenvalue weighted by molar-refractivity contribution is 6.30. The van der Waals surface area contributed by atoms with E-state index >= 15 is 0 Å². The van der Waals surface area contributed by atoms with E-state index in [4.69, 9.17) is 11.6 Å². The highest BCUT2D eigenvalue weighted by Gasteiger charge is 2.09. The van der Waals surface area contributed by atoms with E-state index in [-0.39, 0.29) is 11.6 Å². The van der Waals surface area contributed by atoms with Gasteiger partial charge in [-0.25, -0.2) is 9.97 Å². The molecule has 7 heteroatoms. The Labute approximate surface area is 169 Å². The van der Waals surface area contributed by atoms with Crippen molar-refractivity contribution in [1.29, 1.82) is 0 Å². The lowest BCUT2D eigenvalue weighted by atomic mass is 10.2. The quantitative estimate of drug-likeness (QED) is 0.590. The lowest BCUT2D eigenvalue weighted by molar-refractivity contribution is 0.102. The van der Waals surface area contributed by atoms with E-state index in [2.05, 4.69) is 39.3 Å². The van der Waals surface area contributed by atoms with Crippen molar-refractivity contribution >= 4 is 40.4 Å². The van der Waals surface area contributed by atoms with E-state index in [0.717, 1.165) is 24.5 Å². The van der Waals surface area contributed by atoms with Gasteiger partial charge >= 0.3 is 0 Å². The summed E-state index contributed by atoms with van der Waals surface area (Å²) in [5.41, 5.74) is 2.92. The van der Waals surface area contributed by atoms with E-state index in [1.54, 1.807) is 12.1 Å². The first-order valence-electron chi connectivity index (χ1n) is 9.10. The topological polar surface area (TPSA) is 70.2 Å². The van der Waals surface area contributed by atoms with E-state index < -0.39 is 0 Å². The molecule has 0 aliphatic rings. The van der Waals surface area contributed by atoms with Crippen LogP contribution in [0.3, 0.4) is 0 Å². The summed E-state index contributed by atoms with van der Waals surface area (Å²) in [7, 11) is 0. The van der Waals surface area contributed by atoms with Gasteiger partial charge in [0.25, 0.3) is 5.91 Å². The molecule has 2 aromatic carbocycles. The van der Waals surface area contributed by atoms with Gasteiger partial charge in [-0.1, -0.05) is 11.6 Å². The van der Waals surface area contributed by atoms with Gasteiger partial charge in [0.2, 0.25) is 0 Å². The Morgan fingerprint density at radius 1 is 0.929 bits per heavy atom. The lowest BCUT2D eigenvalue weighted by Crippen LogP contribution is -2.21. The molecule has 1 amide bonds. The Morgan fingerprint density at radius 2 is 1.57 bits per heavy atom. The summed E-state index contributed by atoms with van der Waals surface area (Å²) in [5, 5.41) is 6.61. The van der Waals surface area contributed by atoms with E-state index in [9.17, 15) is 4.79 Å². The monoisotopic (exact) mass is 395 g/mol. The van der Waals surface area contributed by atoms with Crippen LogP contribution in [-0.2, 0) is 0 Å². The van der Waals surface area contributed by atoms with Crippen LogP contribution in [-0.4, -0.2) is 29.0 Å². The van der Waals surface area contributed by atoms with Gasteiger partial charge in [-0.15, -0.1) is 0 Å². The SMILES string of the molecule is CCN(CC)c1ccc(NC(=O)c2cnc(Nc3ccc(Cl)cc3)cn2)cc1. The number of rotatable bonds is 7. The molecule has 0 saturated heterocycles. The standard InChI is InChI=1S/C21H22ClN5O/c1-3-27(4-2)18-11-9-17(10-12-18)26-21(28)19-13-24-20(14-23-19)25-16-7-5-15(22)6-8-16/h5-14H,3-4H2,1-2H3,(H,24,25)(H,26,28). The van der Waals surface area contributed by atoms with Crippen LogP contribution in [0.5, 0.6) is 0 Å². The van der Waals surface area contributed by atoms with E-state index in [0.29, 0.717) is 16.5 Å². The molecule has 0 unspecified atom stereocenters. The van der Waals surface area contributed by atoms with Crippen LogP contribution < -0.4 is 15.5 Å². The van der Waals surface area contributed by atoms with Gasteiger partial charge in [-0.05, 0) is 62.4 Å². The van der Waals surface area contributed by atoms with Crippen molar-refractivity contribution in [3.8, 4) is 0 Å². The molecule has 0 saturated carbocycles. The minimum absolute atomic E-state index is 0.245. The minimum Gasteiger partial charge on any atom is -0.372 e. The number of nitrogens with zero attached hydrogens (tertiary/aromatic N) is 3. The Bertz CT molecular complexity index is 907. The van der Waals surface area contributed by atoms with Crippen LogP contribution in [0.15, 0.2) is 60.9 Å². The molecule has 1 aromatic heterocycles. The summed E-state index contributed by atoms with van der Waals surface area (Å²) in [5.74, 6) is 0.239. The molecular weight excluding hydrogens is 374 g/mol. The summed E-state index contributed by atoms with van der Waals surface area (Å²) < 4.78 is 0. The summed E-state index contributed by atoms with van der Waals surface area (Å²) >= 11 is 5.87. The molecule has 0 aliphatic carbocycles. The first-order chi connectivity index (χ1) is 13.6. The van der Waals surface area contributed by atoms with Crippen LogP contribution in [0.4, 0.5) is 22.9 Å². The smallest absolute Gasteiger partial charge is 0.275 e. The molecule has 0 atom stereocenters. The third-order valence-corrected chi connectivity index (χ3v) is 4.51. The maximum atomic E-state index is 12.4. The zero-order chi connectivity index (χ0) is 19.9. The fourth-order valence-electron chi connectivity index (χ4n) is 2.73. The van der Waals surface area contributed by atoms with Crippen molar-refractivity contribution in [2.24, 2.45) is 0 Å². The number of hydrogen-bond acceptors (Lipinski definition) is 5. The number of benzene rings is 2. The fourth-order valence-corrected chi connectivity index (χ4v) is 2.86. The third-order valence-electron chi connectivity index (χ3n) is 4.25. The van der Waals surface area contributed by atoms with Gasteiger partial charge in [0.05, 0.1) is 12.4 Å². The van der Waals surface area contributed by atoms with Crippen molar-refractivity contribution in [3.05, 3.63) is 71.6 Å². The molecule has 3 aromatic rings. The van der Waals surface area contributed by atoms with Crippen LogP contribution in [0.2, 0.25) is 5.02 Å². The van der Waals surface area contributed by atoms with Gasteiger partial charge < -0.3 is 15.5 Å². The maximum Gasteiger partial charge on any atom is 0.275 e. The van der Waals surface area contributed by atoms with Crippen molar-refractivity contribution in [1.82, 2.24) is 9.97 Å². The summed E-state index contributed by atoms with van der Waals surface area (Å²) in [6.07, 6.45) is 2.96. The molecule has 144 valence electrons. The van der Waals surface area contributed by atoms with Gasteiger partial charge in [0, 0.05) is 35.2 Å². The Morgan fingerprint density at radius 3 is 2.14 bits per heavy atom. The molecule has 3 rings (SSSR count). The number of anilines is 4. The third kappa shape index (κ3) is 4.98. The summed E-state index contributed by atoms with van der Waals surface area (Å²) in [4.78, 5) is 23.1. The Balaban J connectivity index is 1.62.